The molecule has 68 valence electrons. The monoisotopic (exact) mass is 197 g/mol. The molecular weight excluding hydrogens is 190 g/mol. The normalized spacial score (nSPS) is 13.5. The fraction of sp³-hybridized carbons (Fsp3) is 0.286. The van der Waals surface area contributed by atoms with Gasteiger partial charge in [-0.15, -0.1) is 5.10 Å². The van der Waals surface area contributed by atoms with Crippen molar-refractivity contribution < 1.29 is 0 Å². The standard InChI is InChI=1S/C7H8ClN5/c1-4(9)13-7-6(11-12-13)5(8)2-3-10-7/h2-4H,9H2,1H3. The molecule has 2 aromatic rings. The Hall–Kier alpha value is -1.20. The molecule has 0 fully saturated rings. The van der Waals surface area contributed by atoms with Crippen LogP contribution in [-0.2, 0) is 0 Å². The lowest BCUT2D eigenvalue weighted by Gasteiger charge is -2.03. The molecule has 0 saturated heterocycles. The first-order chi connectivity index (χ1) is 6.20. The van der Waals surface area contributed by atoms with Crippen molar-refractivity contribution >= 4 is 22.8 Å². The summed E-state index contributed by atoms with van der Waals surface area (Å²) in [6.45, 7) is 1.80. The number of rotatable bonds is 1. The maximum atomic E-state index is 5.88. The van der Waals surface area contributed by atoms with Crippen LogP contribution in [0, 0.1) is 0 Å². The fourth-order valence-electron chi connectivity index (χ4n) is 1.09. The Morgan fingerprint density at radius 3 is 3.08 bits per heavy atom. The molecule has 0 radical (unpaired) electrons. The smallest absolute Gasteiger partial charge is 0.181 e. The van der Waals surface area contributed by atoms with Gasteiger partial charge in [-0.1, -0.05) is 16.8 Å². The molecule has 2 heterocycles. The Bertz CT molecular complexity index is 435. The van der Waals surface area contributed by atoms with Crippen molar-refractivity contribution in [3.05, 3.63) is 17.3 Å². The molecule has 2 N–H and O–H groups in total. The molecular formula is C7H8ClN5. The van der Waals surface area contributed by atoms with E-state index in [4.69, 9.17) is 17.3 Å². The largest absolute Gasteiger partial charge is 0.310 e. The summed E-state index contributed by atoms with van der Waals surface area (Å²) < 4.78 is 1.53. The van der Waals surface area contributed by atoms with Crippen LogP contribution in [0.3, 0.4) is 0 Å². The van der Waals surface area contributed by atoms with E-state index in [1.165, 1.54) is 4.68 Å². The lowest BCUT2D eigenvalue weighted by molar-refractivity contribution is 0.505. The van der Waals surface area contributed by atoms with Crippen molar-refractivity contribution in [3.63, 3.8) is 0 Å². The zero-order chi connectivity index (χ0) is 9.42. The highest BCUT2D eigenvalue weighted by molar-refractivity contribution is 6.34. The first kappa shape index (κ1) is 8.40. The van der Waals surface area contributed by atoms with E-state index >= 15 is 0 Å². The quantitative estimate of drug-likeness (QED) is 0.739. The second-order valence-electron chi connectivity index (χ2n) is 2.74. The number of halogens is 1. The minimum absolute atomic E-state index is 0.254. The van der Waals surface area contributed by atoms with E-state index in [0.29, 0.717) is 16.2 Å². The molecule has 2 aromatic heterocycles. The highest BCUT2D eigenvalue weighted by Crippen LogP contribution is 2.19. The van der Waals surface area contributed by atoms with Gasteiger partial charge in [0.25, 0.3) is 0 Å². The molecule has 1 atom stereocenters. The van der Waals surface area contributed by atoms with E-state index in [9.17, 15) is 0 Å². The molecule has 6 heteroatoms. The maximum absolute atomic E-state index is 5.88. The average Bonchev–Trinajstić information content (AvgIpc) is 2.48. The predicted molar refractivity (Wildman–Crippen MR) is 49.2 cm³/mol. The number of aromatic nitrogens is 4. The maximum Gasteiger partial charge on any atom is 0.181 e. The van der Waals surface area contributed by atoms with Crippen LogP contribution in [0.25, 0.3) is 11.2 Å². The predicted octanol–water partition coefficient (Wildman–Crippen LogP) is 0.957. The lowest BCUT2D eigenvalue weighted by atomic mass is 10.4. The third-order valence-electron chi connectivity index (χ3n) is 1.70. The zero-order valence-corrected chi connectivity index (χ0v) is 7.73. The first-order valence-electron chi connectivity index (χ1n) is 3.81. The summed E-state index contributed by atoms with van der Waals surface area (Å²) in [6, 6.07) is 1.67. The van der Waals surface area contributed by atoms with E-state index in [1.807, 2.05) is 0 Å². The number of hydrogen-bond acceptors (Lipinski definition) is 4. The van der Waals surface area contributed by atoms with Crippen LogP contribution in [-0.4, -0.2) is 20.0 Å². The Labute approximate surface area is 79.5 Å². The van der Waals surface area contributed by atoms with Gasteiger partial charge >= 0.3 is 0 Å². The molecule has 0 amide bonds. The van der Waals surface area contributed by atoms with Gasteiger partial charge in [-0.2, -0.15) is 0 Å². The summed E-state index contributed by atoms with van der Waals surface area (Å²) in [6.07, 6.45) is 1.35. The van der Waals surface area contributed by atoms with Crippen LogP contribution in [0.1, 0.15) is 13.1 Å². The molecule has 2 rings (SSSR count). The molecule has 1 unspecified atom stereocenters. The second kappa shape index (κ2) is 2.93. The van der Waals surface area contributed by atoms with Crippen molar-refractivity contribution in [3.8, 4) is 0 Å². The van der Waals surface area contributed by atoms with Crippen molar-refractivity contribution in [2.75, 3.05) is 0 Å². The number of nitrogens with two attached hydrogens (primary N) is 1. The van der Waals surface area contributed by atoms with Crippen LogP contribution in [0.2, 0.25) is 5.02 Å². The molecule has 0 aliphatic heterocycles. The van der Waals surface area contributed by atoms with E-state index in [0.717, 1.165) is 0 Å². The van der Waals surface area contributed by atoms with Crippen LogP contribution >= 0.6 is 11.6 Å². The minimum Gasteiger partial charge on any atom is -0.310 e. The highest BCUT2D eigenvalue weighted by Gasteiger charge is 2.10. The second-order valence-corrected chi connectivity index (χ2v) is 3.15. The van der Waals surface area contributed by atoms with Gasteiger partial charge in [0.2, 0.25) is 0 Å². The molecule has 0 aliphatic rings. The van der Waals surface area contributed by atoms with Gasteiger partial charge in [0.1, 0.15) is 6.17 Å². The molecule has 0 aliphatic carbocycles. The molecule has 0 saturated carbocycles. The average molecular weight is 198 g/mol. The van der Waals surface area contributed by atoms with E-state index in [-0.39, 0.29) is 6.17 Å². The fourth-order valence-corrected chi connectivity index (χ4v) is 1.27. The van der Waals surface area contributed by atoms with Crippen LogP contribution in [0.5, 0.6) is 0 Å². The zero-order valence-electron chi connectivity index (χ0n) is 6.98. The Morgan fingerprint density at radius 2 is 2.38 bits per heavy atom. The topological polar surface area (TPSA) is 69.6 Å². The van der Waals surface area contributed by atoms with Gasteiger partial charge in [0.15, 0.2) is 11.2 Å². The van der Waals surface area contributed by atoms with Gasteiger partial charge in [-0.3, -0.25) is 0 Å². The number of fused-ring (bicyclic) bond motifs is 1. The Balaban J connectivity index is 2.75. The van der Waals surface area contributed by atoms with E-state index in [1.54, 1.807) is 19.2 Å². The van der Waals surface area contributed by atoms with Crippen molar-refractivity contribution in [2.45, 2.75) is 13.1 Å². The van der Waals surface area contributed by atoms with Crippen LogP contribution in [0.15, 0.2) is 12.3 Å². The third-order valence-corrected chi connectivity index (χ3v) is 2.00. The number of nitrogens with zero attached hydrogens (tertiary/aromatic N) is 4. The summed E-state index contributed by atoms with van der Waals surface area (Å²) >= 11 is 5.88. The van der Waals surface area contributed by atoms with Gasteiger partial charge in [0.05, 0.1) is 5.02 Å². The first-order valence-corrected chi connectivity index (χ1v) is 4.19. The summed E-state index contributed by atoms with van der Waals surface area (Å²) in [5, 5.41) is 8.27. The van der Waals surface area contributed by atoms with Gasteiger partial charge in [-0.05, 0) is 13.0 Å². The molecule has 0 bridgehead atoms. The van der Waals surface area contributed by atoms with Gasteiger partial charge < -0.3 is 5.73 Å². The highest BCUT2D eigenvalue weighted by atomic mass is 35.5. The molecule has 13 heavy (non-hydrogen) atoms. The minimum atomic E-state index is -0.254. The summed E-state index contributed by atoms with van der Waals surface area (Å²) in [5.74, 6) is 0. The van der Waals surface area contributed by atoms with Gasteiger partial charge in [0, 0.05) is 6.20 Å². The lowest BCUT2D eigenvalue weighted by Crippen LogP contribution is -2.16. The van der Waals surface area contributed by atoms with Gasteiger partial charge in [-0.25, -0.2) is 9.67 Å². The third kappa shape index (κ3) is 1.26. The van der Waals surface area contributed by atoms with Crippen molar-refractivity contribution in [1.29, 1.82) is 0 Å². The SMILES string of the molecule is CC(N)n1nnc2c(Cl)ccnc21. The molecule has 0 spiro atoms. The van der Waals surface area contributed by atoms with Crippen LogP contribution < -0.4 is 5.73 Å². The summed E-state index contributed by atoms with van der Waals surface area (Å²) in [4.78, 5) is 4.10. The Morgan fingerprint density at radius 1 is 1.62 bits per heavy atom. The molecule has 5 nitrogen and oxygen atoms in total. The Kier molecular flexibility index (Phi) is 1.90. The van der Waals surface area contributed by atoms with Crippen LogP contribution in [0.4, 0.5) is 0 Å². The number of pyridine rings is 1. The van der Waals surface area contributed by atoms with Crippen molar-refractivity contribution in [2.24, 2.45) is 5.73 Å². The summed E-state index contributed by atoms with van der Waals surface area (Å²) in [7, 11) is 0. The van der Waals surface area contributed by atoms with Crippen molar-refractivity contribution in [1.82, 2.24) is 20.0 Å². The van der Waals surface area contributed by atoms with E-state index < -0.39 is 0 Å². The number of hydrogen-bond donors (Lipinski definition) is 1. The molecule has 0 aromatic carbocycles. The van der Waals surface area contributed by atoms with E-state index in [2.05, 4.69) is 15.3 Å². The summed E-state index contributed by atoms with van der Waals surface area (Å²) in [5.41, 5.74) is 6.85.